The summed E-state index contributed by atoms with van der Waals surface area (Å²) in [5.41, 5.74) is 1.80. The fourth-order valence-corrected chi connectivity index (χ4v) is 3.99. The molecule has 2 heterocycles. The van der Waals surface area contributed by atoms with Crippen molar-refractivity contribution in [1.29, 1.82) is 0 Å². The minimum Gasteiger partial charge on any atom is -0.507 e. The van der Waals surface area contributed by atoms with Crippen molar-refractivity contribution < 1.29 is 14.6 Å². The van der Waals surface area contributed by atoms with Gasteiger partial charge in [0.2, 0.25) is 0 Å². The molecule has 1 aliphatic heterocycles. The third kappa shape index (κ3) is 4.47. The molecule has 1 aliphatic rings. The van der Waals surface area contributed by atoms with Gasteiger partial charge in [-0.3, -0.25) is 9.69 Å². The van der Waals surface area contributed by atoms with Crippen molar-refractivity contribution in [3.05, 3.63) is 57.5 Å². The lowest BCUT2D eigenvalue weighted by Crippen LogP contribution is -2.47. The molecular formula is C22H31N3O4. The lowest BCUT2D eigenvalue weighted by Gasteiger charge is -2.38. The summed E-state index contributed by atoms with van der Waals surface area (Å²) in [6.45, 7) is 6.09. The monoisotopic (exact) mass is 401 g/mol. The molecule has 1 saturated heterocycles. The Balaban J connectivity index is 2.17. The molecule has 3 rings (SSSR count). The predicted molar refractivity (Wildman–Crippen MR) is 113 cm³/mol. The summed E-state index contributed by atoms with van der Waals surface area (Å²) in [4.78, 5) is 18.0. The van der Waals surface area contributed by atoms with Crippen LogP contribution < -0.4 is 10.3 Å². The predicted octanol–water partition coefficient (Wildman–Crippen LogP) is 1.85. The lowest BCUT2D eigenvalue weighted by molar-refractivity contribution is 0.123. The fraction of sp³-hybridized carbons (Fsp3) is 0.500. The van der Waals surface area contributed by atoms with Crippen molar-refractivity contribution in [3.8, 4) is 11.5 Å². The van der Waals surface area contributed by atoms with Crippen LogP contribution in [0.1, 0.15) is 22.9 Å². The van der Waals surface area contributed by atoms with Gasteiger partial charge in [0.05, 0.1) is 25.3 Å². The summed E-state index contributed by atoms with van der Waals surface area (Å²) >= 11 is 0. The average Bonchev–Trinajstić information content (AvgIpc) is 2.72. The molecule has 1 aromatic heterocycles. The Kier molecular flexibility index (Phi) is 6.95. The highest BCUT2D eigenvalue weighted by Gasteiger charge is 2.32. The van der Waals surface area contributed by atoms with Gasteiger partial charge in [-0.15, -0.1) is 0 Å². The lowest BCUT2D eigenvalue weighted by atomic mass is 9.95. The Labute approximate surface area is 172 Å². The average molecular weight is 402 g/mol. The highest BCUT2D eigenvalue weighted by Crippen LogP contribution is 2.37. The van der Waals surface area contributed by atoms with Gasteiger partial charge >= 0.3 is 0 Å². The smallest absolute Gasteiger partial charge is 0.259 e. The molecule has 0 radical (unpaired) electrons. The number of aryl methyl sites for hydroxylation is 1. The Hall–Kier alpha value is -2.35. The number of para-hydroxylation sites is 1. The van der Waals surface area contributed by atoms with Gasteiger partial charge in [-0.05, 0) is 26.1 Å². The zero-order chi connectivity index (χ0) is 21.0. The van der Waals surface area contributed by atoms with E-state index < -0.39 is 0 Å². The van der Waals surface area contributed by atoms with E-state index in [2.05, 4.69) is 16.8 Å². The number of nitrogens with zero attached hydrogens (tertiary/aromatic N) is 3. The number of aromatic nitrogens is 1. The Morgan fingerprint density at radius 1 is 1.14 bits per heavy atom. The normalized spacial score (nSPS) is 16.7. The third-order valence-corrected chi connectivity index (χ3v) is 5.65. The number of hydrogen-bond donors (Lipinski definition) is 1. The fourth-order valence-electron chi connectivity index (χ4n) is 3.99. The van der Waals surface area contributed by atoms with Gasteiger partial charge in [0.1, 0.15) is 11.5 Å². The Morgan fingerprint density at radius 2 is 1.83 bits per heavy atom. The third-order valence-electron chi connectivity index (χ3n) is 5.65. The topological polar surface area (TPSA) is 67.2 Å². The first kappa shape index (κ1) is 21.4. The molecule has 1 N–H and O–H groups in total. The van der Waals surface area contributed by atoms with E-state index >= 15 is 0 Å². The first-order chi connectivity index (χ1) is 14.0. The van der Waals surface area contributed by atoms with Crippen molar-refractivity contribution in [2.75, 3.05) is 54.1 Å². The molecule has 0 unspecified atom stereocenters. The highest BCUT2D eigenvalue weighted by molar-refractivity contribution is 5.46. The van der Waals surface area contributed by atoms with E-state index in [1.165, 1.54) is 0 Å². The van der Waals surface area contributed by atoms with E-state index in [1.54, 1.807) is 24.9 Å². The minimum absolute atomic E-state index is 0.0241. The van der Waals surface area contributed by atoms with Crippen molar-refractivity contribution in [2.45, 2.75) is 19.5 Å². The molecule has 0 bridgehead atoms. The molecular weight excluding hydrogens is 370 g/mol. The first-order valence-corrected chi connectivity index (χ1v) is 9.95. The second-order valence-electron chi connectivity index (χ2n) is 7.52. The summed E-state index contributed by atoms with van der Waals surface area (Å²) in [5, 5.41) is 10.9. The summed E-state index contributed by atoms with van der Waals surface area (Å²) in [5.74, 6) is 0.732. The van der Waals surface area contributed by atoms with Crippen LogP contribution >= 0.6 is 0 Å². The van der Waals surface area contributed by atoms with Crippen LogP contribution in [-0.2, 0) is 11.3 Å². The maximum absolute atomic E-state index is 13.5. The van der Waals surface area contributed by atoms with Crippen LogP contribution in [0.2, 0.25) is 0 Å². The molecule has 7 nitrogen and oxygen atoms in total. The summed E-state index contributed by atoms with van der Waals surface area (Å²) in [6.07, 6.45) is 0. The maximum Gasteiger partial charge on any atom is 0.259 e. The van der Waals surface area contributed by atoms with Crippen LogP contribution in [0.5, 0.6) is 11.5 Å². The van der Waals surface area contributed by atoms with Gasteiger partial charge in [-0.1, -0.05) is 18.2 Å². The number of pyridine rings is 1. The number of likely N-dealkylation sites (N-methyl/N-ethyl adjacent to an activating group) is 1. The SMILES string of the molecule is COCCn1c(C)cc(O)c([C@@H](c2ccccc2OC)N2CCN(C)CC2)c1=O. The van der Waals surface area contributed by atoms with E-state index in [4.69, 9.17) is 9.47 Å². The number of piperazine rings is 1. The molecule has 1 atom stereocenters. The van der Waals surface area contributed by atoms with Gasteiger partial charge in [-0.2, -0.15) is 0 Å². The van der Waals surface area contributed by atoms with Crippen molar-refractivity contribution in [1.82, 2.24) is 14.4 Å². The van der Waals surface area contributed by atoms with E-state index in [1.807, 2.05) is 31.2 Å². The zero-order valence-electron chi connectivity index (χ0n) is 17.7. The molecule has 2 aromatic rings. The highest BCUT2D eigenvalue weighted by atomic mass is 16.5. The largest absolute Gasteiger partial charge is 0.507 e. The maximum atomic E-state index is 13.5. The molecule has 0 spiro atoms. The Morgan fingerprint density at radius 3 is 2.48 bits per heavy atom. The second-order valence-corrected chi connectivity index (χ2v) is 7.52. The number of hydrogen-bond acceptors (Lipinski definition) is 6. The standard InChI is InChI=1S/C22H31N3O4/c1-16-15-18(26)20(22(27)25(16)13-14-28-3)21(24-11-9-23(2)10-12-24)17-7-5-6-8-19(17)29-4/h5-8,15,21,26H,9-14H2,1-4H3/t21-/m1/s1. The van der Waals surface area contributed by atoms with Crippen molar-refractivity contribution >= 4 is 0 Å². The first-order valence-electron chi connectivity index (χ1n) is 9.95. The molecule has 0 amide bonds. The number of aromatic hydroxyl groups is 1. The van der Waals surface area contributed by atoms with E-state index in [9.17, 15) is 9.90 Å². The molecule has 29 heavy (non-hydrogen) atoms. The molecule has 7 heteroatoms. The second kappa shape index (κ2) is 9.43. The van der Waals surface area contributed by atoms with Crippen LogP contribution in [0.15, 0.2) is 35.1 Å². The summed E-state index contributed by atoms with van der Waals surface area (Å²) in [7, 11) is 5.34. The van der Waals surface area contributed by atoms with Crippen molar-refractivity contribution in [2.24, 2.45) is 0 Å². The number of rotatable bonds is 7. The molecule has 1 aromatic carbocycles. The van der Waals surface area contributed by atoms with Gasteiger partial charge in [0.25, 0.3) is 5.56 Å². The van der Waals surface area contributed by atoms with Crippen LogP contribution in [0, 0.1) is 6.92 Å². The molecule has 0 aliphatic carbocycles. The van der Waals surface area contributed by atoms with Gasteiger partial charge in [0.15, 0.2) is 0 Å². The van der Waals surface area contributed by atoms with E-state index in [-0.39, 0.29) is 17.4 Å². The molecule has 0 saturated carbocycles. The van der Waals surface area contributed by atoms with E-state index in [0.29, 0.717) is 30.2 Å². The summed E-state index contributed by atoms with van der Waals surface area (Å²) < 4.78 is 12.5. The van der Waals surface area contributed by atoms with Crippen molar-refractivity contribution in [3.63, 3.8) is 0 Å². The van der Waals surface area contributed by atoms with Crippen LogP contribution in [-0.4, -0.2) is 73.5 Å². The number of benzene rings is 1. The molecule has 158 valence electrons. The molecule has 1 fully saturated rings. The number of ether oxygens (including phenoxy) is 2. The van der Waals surface area contributed by atoms with Gasteiger partial charge < -0.3 is 24.0 Å². The quantitative estimate of drug-likeness (QED) is 0.764. The van der Waals surface area contributed by atoms with Gasteiger partial charge in [-0.25, -0.2) is 0 Å². The van der Waals surface area contributed by atoms with Crippen LogP contribution in [0.25, 0.3) is 0 Å². The minimum atomic E-state index is -0.387. The number of methoxy groups -OCH3 is 2. The van der Waals surface area contributed by atoms with Crippen LogP contribution in [0.4, 0.5) is 0 Å². The van der Waals surface area contributed by atoms with Crippen LogP contribution in [0.3, 0.4) is 0 Å². The van der Waals surface area contributed by atoms with Gasteiger partial charge in [0, 0.05) is 51.1 Å². The zero-order valence-corrected chi connectivity index (χ0v) is 17.7. The summed E-state index contributed by atoms with van der Waals surface area (Å²) in [6, 6.07) is 9.00. The van der Waals surface area contributed by atoms with E-state index in [0.717, 1.165) is 31.7 Å². The Bertz CT molecular complexity index is 888.